The number of imidazole rings is 1. The van der Waals surface area contributed by atoms with Crippen LogP contribution >= 0.6 is 12.4 Å². The number of halogens is 1. The van der Waals surface area contributed by atoms with Crippen LogP contribution in [0.15, 0.2) is 30.6 Å². The molecule has 1 aliphatic heterocycles. The van der Waals surface area contributed by atoms with E-state index in [0.29, 0.717) is 0 Å². The number of fused-ring (bicyclic) bond motifs is 1. The Morgan fingerprint density at radius 3 is 2.55 bits per heavy atom. The van der Waals surface area contributed by atoms with Crippen molar-refractivity contribution < 1.29 is 0 Å². The Balaban J connectivity index is 0.00000147. The van der Waals surface area contributed by atoms with E-state index in [9.17, 15) is 0 Å². The van der Waals surface area contributed by atoms with Gasteiger partial charge >= 0.3 is 0 Å². The zero-order valence-corrected chi connectivity index (χ0v) is 12.4. The molecule has 20 heavy (non-hydrogen) atoms. The molecule has 6 heteroatoms. The Kier molecular flexibility index (Phi) is 5.37. The highest BCUT2D eigenvalue weighted by atomic mass is 35.5. The van der Waals surface area contributed by atoms with Crippen molar-refractivity contribution in [2.75, 3.05) is 39.3 Å². The van der Waals surface area contributed by atoms with E-state index in [2.05, 4.69) is 25.4 Å². The number of rotatable bonds is 4. The Hall–Kier alpha value is -1.14. The van der Waals surface area contributed by atoms with Crippen LogP contribution in [0.5, 0.6) is 0 Å². The molecule has 1 aliphatic rings. The lowest BCUT2D eigenvalue weighted by Gasteiger charge is -2.33. The molecule has 0 bridgehead atoms. The zero-order chi connectivity index (χ0) is 13.1. The monoisotopic (exact) mass is 295 g/mol. The molecule has 3 heterocycles. The second-order valence-corrected chi connectivity index (χ2v) is 5.10. The molecule has 2 aromatic heterocycles. The fraction of sp³-hybridized carbons (Fsp3) is 0.500. The van der Waals surface area contributed by atoms with Crippen molar-refractivity contribution in [3.8, 4) is 0 Å². The molecule has 110 valence electrons. The lowest BCUT2D eigenvalue weighted by Crippen LogP contribution is -2.47. The van der Waals surface area contributed by atoms with E-state index in [4.69, 9.17) is 5.73 Å². The van der Waals surface area contributed by atoms with E-state index in [1.54, 1.807) is 0 Å². The predicted molar refractivity (Wildman–Crippen MR) is 83.2 cm³/mol. The summed E-state index contributed by atoms with van der Waals surface area (Å²) in [5.41, 5.74) is 7.77. The number of pyridine rings is 1. The maximum Gasteiger partial charge on any atom is 0.137 e. The Morgan fingerprint density at radius 1 is 1.10 bits per heavy atom. The summed E-state index contributed by atoms with van der Waals surface area (Å²) in [4.78, 5) is 9.55. The first-order valence-corrected chi connectivity index (χ1v) is 6.92. The largest absolute Gasteiger partial charge is 0.329 e. The van der Waals surface area contributed by atoms with Crippen LogP contribution in [-0.4, -0.2) is 58.5 Å². The second-order valence-electron chi connectivity index (χ2n) is 5.10. The molecule has 1 fully saturated rings. The maximum atomic E-state index is 5.59. The average Bonchev–Trinajstić information content (AvgIpc) is 2.83. The highest BCUT2D eigenvalue weighted by Gasteiger charge is 2.17. The summed E-state index contributed by atoms with van der Waals surface area (Å²) in [6.45, 7) is 7.16. The summed E-state index contributed by atoms with van der Waals surface area (Å²) in [6.07, 6.45) is 4.17. The van der Waals surface area contributed by atoms with Crippen LogP contribution < -0.4 is 5.73 Å². The van der Waals surface area contributed by atoms with Crippen molar-refractivity contribution in [3.63, 3.8) is 0 Å². The molecule has 0 spiro atoms. The van der Waals surface area contributed by atoms with Crippen molar-refractivity contribution in [2.45, 2.75) is 6.54 Å². The quantitative estimate of drug-likeness (QED) is 0.908. The smallest absolute Gasteiger partial charge is 0.137 e. The van der Waals surface area contributed by atoms with Gasteiger partial charge in [0.05, 0.1) is 5.69 Å². The third-order valence-electron chi connectivity index (χ3n) is 3.71. The van der Waals surface area contributed by atoms with Gasteiger partial charge in [-0.1, -0.05) is 6.07 Å². The van der Waals surface area contributed by atoms with Crippen LogP contribution in [0, 0.1) is 0 Å². The van der Waals surface area contributed by atoms with Crippen molar-refractivity contribution in [1.82, 2.24) is 19.2 Å². The average molecular weight is 296 g/mol. The van der Waals surface area contributed by atoms with E-state index >= 15 is 0 Å². The van der Waals surface area contributed by atoms with E-state index in [-0.39, 0.29) is 12.4 Å². The van der Waals surface area contributed by atoms with Gasteiger partial charge < -0.3 is 10.1 Å². The minimum Gasteiger partial charge on any atom is -0.329 e. The standard InChI is InChI=1S/C14H21N5.ClH/c15-4-6-17-7-9-18(10-8-17)11-13-12-19-5-2-1-3-14(19)16-13;/h1-3,5,12H,4,6-11,15H2;1H. The number of nitrogens with two attached hydrogens (primary N) is 1. The Morgan fingerprint density at radius 2 is 1.85 bits per heavy atom. The van der Waals surface area contributed by atoms with Crippen LogP contribution in [0.3, 0.4) is 0 Å². The maximum absolute atomic E-state index is 5.59. The summed E-state index contributed by atoms with van der Waals surface area (Å²) in [6, 6.07) is 6.10. The molecule has 0 saturated carbocycles. The third-order valence-corrected chi connectivity index (χ3v) is 3.71. The van der Waals surface area contributed by atoms with Crippen molar-refractivity contribution in [3.05, 3.63) is 36.3 Å². The molecular formula is C14H22ClN5. The lowest BCUT2D eigenvalue weighted by atomic mass is 10.3. The fourth-order valence-electron chi connectivity index (χ4n) is 2.65. The van der Waals surface area contributed by atoms with Crippen LogP contribution in [0.1, 0.15) is 5.69 Å². The molecular weight excluding hydrogens is 274 g/mol. The topological polar surface area (TPSA) is 49.8 Å². The Bertz CT molecular complexity index is 500. The number of piperazine rings is 1. The number of hydrogen-bond acceptors (Lipinski definition) is 4. The van der Waals surface area contributed by atoms with Gasteiger partial charge in [-0.05, 0) is 12.1 Å². The number of aromatic nitrogens is 2. The summed E-state index contributed by atoms with van der Waals surface area (Å²) < 4.78 is 2.08. The molecule has 0 aromatic carbocycles. The SMILES string of the molecule is Cl.NCCN1CCN(Cc2cn3ccccc3n2)CC1. The molecule has 0 radical (unpaired) electrons. The minimum absolute atomic E-state index is 0. The fourth-order valence-corrected chi connectivity index (χ4v) is 2.65. The van der Waals surface area contributed by atoms with Crippen LogP contribution in [0.25, 0.3) is 5.65 Å². The lowest BCUT2D eigenvalue weighted by molar-refractivity contribution is 0.129. The van der Waals surface area contributed by atoms with E-state index in [0.717, 1.165) is 57.2 Å². The highest BCUT2D eigenvalue weighted by molar-refractivity contribution is 5.85. The molecule has 0 atom stereocenters. The molecule has 0 unspecified atom stereocenters. The first kappa shape index (κ1) is 15.3. The molecule has 2 aromatic rings. The van der Waals surface area contributed by atoms with Crippen molar-refractivity contribution in [1.29, 1.82) is 0 Å². The molecule has 2 N–H and O–H groups in total. The summed E-state index contributed by atoms with van der Waals surface area (Å²) in [5.74, 6) is 0. The van der Waals surface area contributed by atoms with E-state index < -0.39 is 0 Å². The van der Waals surface area contributed by atoms with Gasteiger partial charge in [0, 0.05) is 58.2 Å². The van der Waals surface area contributed by atoms with Gasteiger partial charge in [0.15, 0.2) is 0 Å². The van der Waals surface area contributed by atoms with Gasteiger partial charge in [-0.2, -0.15) is 0 Å². The molecule has 5 nitrogen and oxygen atoms in total. The normalized spacial score (nSPS) is 17.2. The predicted octanol–water partition coefficient (Wildman–Crippen LogP) is 0.832. The van der Waals surface area contributed by atoms with Crippen molar-refractivity contribution >= 4 is 18.1 Å². The summed E-state index contributed by atoms with van der Waals surface area (Å²) in [5, 5.41) is 0. The zero-order valence-electron chi connectivity index (χ0n) is 11.6. The molecule has 3 rings (SSSR count). The van der Waals surface area contributed by atoms with Gasteiger partial charge in [0.1, 0.15) is 5.65 Å². The molecule has 0 amide bonds. The van der Waals surface area contributed by atoms with Crippen LogP contribution in [-0.2, 0) is 6.54 Å². The summed E-state index contributed by atoms with van der Waals surface area (Å²) >= 11 is 0. The van der Waals surface area contributed by atoms with Gasteiger partial charge in [0.2, 0.25) is 0 Å². The van der Waals surface area contributed by atoms with Gasteiger partial charge in [0.25, 0.3) is 0 Å². The first-order valence-electron chi connectivity index (χ1n) is 6.92. The van der Waals surface area contributed by atoms with E-state index in [1.165, 1.54) is 0 Å². The van der Waals surface area contributed by atoms with Gasteiger partial charge in [-0.25, -0.2) is 4.98 Å². The van der Waals surface area contributed by atoms with Crippen LogP contribution in [0.2, 0.25) is 0 Å². The molecule has 0 aliphatic carbocycles. The third kappa shape index (κ3) is 3.49. The number of nitrogens with zero attached hydrogens (tertiary/aromatic N) is 4. The second kappa shape index (κ2) is 7.04. The first-order chi connectivity index (χ1) is 9.35. The van der Waals surface area contributed by atoms with Gasteiger partial charge in [-0.15, -0.1) is 12.4 Å². The Labute approximate surface area is 125 Å². The highest BCUT2D eigenvalue weighted by Crippen LogP contribution is 2.09. The van der Waals surface area contributed by atoms with Gasteiger partial charge in [-0.3, -0.25) is 9.80 Å². The number of hydrogen-bond donors (Lipinski definition) is 1. The van der Waals surface area contributed by atoms with Crippen molar-refractivity contribution in [2.24, 2.45) is 5.73 Å². The minimum atomic E-state index is 0. The van der Waals surface area contributed by atoms with Crippen LogP contribution in [0.4, 0.5) is 0 Å². The molecule has 1 saturated heterocycles. The van der Waals surface area contributed by atoms with E-state index in [1.807, 2.05) is 24.4 Å². The summed E-state index contributed by atoms with van der Waals surface area (Å²) in [7, 11) is 0.